The molecular formula is C17H12F2N2. The van der Waals surface area contributed by atoms with Crippen LogP contribution in [0, 0.1) is 11.9 Å². The van der Waals surface area contributed by atoms with Gasteiger partial charge in [-0.15, -0.1) is 0 Å². The minimum atomic E-state index is -0.845. The first-order chi connectivity index (χ1) is 10.2. The number of benzene rings is 2. The van der Waals surface area contributed by atoms with Crippen LogP contribution >= 0.6 is 0 Å². The summed E-state index contributed by atoms with van der Waals surface area (Å²) in [7, 11) is 0. The van der Waals surface area contributed by atoms with Crippen LogP contribution in [0.2, 0.25) is 0 Å². The van der Waals surface area contributed by atoms with Gasteiger partial charge in [-0.1, -0.05) is 36.4 Å². The summed E-state index contributed by atoms with van der Waals surface area (Å²) in [5, 5.41) is 0. The Bertz CT molecular complexity index is 671. The maximum atomic E-state index is 13.4. The molecule has 0 atom stereocenters. The van der Waals surface area contributed by atoms with Crippen LogP contribution in [0.4, 0.5) is 25.8 Å². The maximum absolute atomic E-state index is 13.4. The fraction of sp³-hybridized carbons (Fsp3) is 0. The van der Waals surface area contributed by atoms with E-state index in [0.29, 0.717) is 5.69 Å². The zero-order valence-corrected chi connectivity index (χ0v) is 11.1. The van der Waals surface area contributed by atoms with Crippen LogP contribution in [0.1, 0.15) is 0 Å². The molecule has 2 nitrogen and oxygen atoms in total. The molecule has 0 saturated heterocycles. The van der Waals surface area contributed by atoms with Crippen molar-refractivity contribution in [3.8, 4) is 0 Å². The maximum Gasteiger partial charge on any atom is 0.217 e. The summed E-state index contributed by atoms with van der Waals surface area (Å²) in [4.78, 5) is 4.92. The number of rotatable bonds is 3. The summed E-state index contributed by atoms with van der Waals surface area (Å²) >= 11 is 0. The summed E-state index contributed by atoms with van der Waals surface area (Å²) in [6.07, 6.45) is 0. The summed E-state index contributed by atoms with van der Waals surface area (Å²) in [6, 6.07) is 21.2. The Morgan fingerprint density at radius 2 is 1.05 bits per heavy atom. The quantitative estimate of drug-likeness (QED) is 0.640. The molecule has 0 saturated carbocycles. The molecule has 0 spiro atoms. The monoisotopic (exact) mass is 282 g/mol. The van der Waals surface area contributed by atoms with Gasteiger partial charge in [-0.2, -0.15) is 13.8 Å². The first-order valence-electron chi connectivity index (χ1n) is 6.47. The lowest BCUT2D eigenvalue weighted by Gasteiger charge is -2.25. The van der Waals surface area contributed by atoms with Gasteiger partial charge in [0.2, 0.25) is 11.9 Å². The van der Waals surface area contributed by atoms with Gasteiger partial charge >= 0.3 is 0 Å². The van der Waals surface area contributed by atoms with Gasteiger partial charge in [-0.05, 0) is 24.3 Å². The van der Waals surface area contributed by atoms with Gasteiger partial charge in [-0.25, -0.2) is 0 Å². The molecule has 0 aliphatic carbocycles. The number of nitrogens with zero attached hydrogens (tertiary/aromatic N) is 2. The molecule has 0 aliphatic rings. The fourth-order valence-corrected chi connectivity index (χ4v) is 2.18. The van der Waals surface area contributed by atoms with Gasteiger partial charge < -0.3 is 4.90 Å². The molecule has 2 aromatic carbocycles. The Morgan fingerprint density at radius 3 is 1.48 bits per heavy atom. The largest absolute Gasteiger partial charge is 0.310 e. The van der Waals surface area contributed by atoms with Crippen LogP contribution in [0.3, 0.4) is 0 Å². The van der Waals surface area contributed by atoms with Crippen molar-refractivity contribution in [3.63, 3.8) is 0 Å². The number of aromatic nitrogens is 1. The van der Waals surface area contributed by atoms with E-state index in [1.807, 2.05) is 60.7 Å². The van der Waals surface area contributed by atoms with Gasteiger partial charge in [0.1, 0.15) is 0 Å². The molecule has 0 aliphatic heterocycles. The van der Waals surface area contributed by atoms with Crippen molar-refractivity contribution >= 4 is 17.1 Å². The lowest BCUT2D eigenvalue weighted by Crippen LogP contribution is -2.10. The molecule has 0 radical (unpaired) electrons. The highest BCUT2D eigenvalue weighted by atomic mass is 19.1. The molecule has 0 amide bonds. The lowest BCUT2D eigenvalue weighted by molar-refractivity contribution is 0.513. The van der Waals surface area contributed by atoms with E-state index in [1.165, 1.54) is 12.1 Å². The van der Waals surface area contributed by atoms with Crippen molar-refractivity contribution in [1.29, 1.82) is 0 Å². The van der Waals surface area contributed by atoms with Crippen LogP contribution in [0.15, 0.2) is 72.8 Å². The van der Waals surface area contributed by atoms with Gasteiger partial charge in [0.05, 0.1) is 5.69 Å². The molecule has 3 aromatic rings. The molecule has 4 heteroatoms. The van der Waals surface area contributed by atoms with Gasteiger partial charge in [0.15, 0.2) is 0 Å². The van der Waals surface area contributed by atoms with E-state index in [-0.39, 0.29) is 0 Å². The minimum absolute atomic E-state index is 0.386. The summed E-state index contributed by atoms with van der Waals surface area (Å²) in [6.45, 7) is 0. The molecule has 0 N–H and O–H groups in total. The average Bonchev–Trinajstić information content (AvgIpc) is 2.49. The standard InChI is InChI=1S/C17H12F2N2/c18-16-11-15(12-17(19)20-16)21(13-7-3-1-4-8-13)14-9-5-2-6-10-14/h1-12H. The van der Waals surface area contributed by atoms with E-state index >= 15 is 0 Å². The number of hydrogen-bond acceptors (Lipinski definition) is 2. The molecule has 1 aromatic heterocycles. The molecule has 0 unspecified atom stereocenters. The number of anilines is 3. The third kappa shape index (κ3) is 2.89. The first kappa shape index (κ1) is 13.2. The lowest BCUT2D eigenvalue weighted by atomic mass is 10.2. The predicted octanol–water partition coefficient (Wildman–Crippen LogP) is 4.83. The minimum Gasteiger partial charge on any atom is -0.310 e. The number of hydrogen-bond donors (Lipinski definition) is 0. The van der Waals surface area contributed by atoms with E-state index < -0.39 is 11.9 Å². The molecule has 0 fully saturated rings. The molecule has 1 heterocycles. The molecule has 3 rings (SSSR count). The van der Waals surface area contributed by atoms with E-state index in [2.05, 4.69) is 4.98 Å². The normalized spacial score (nSPS) is 10.4. The third-order valence-electron chi connectivity index (χ3n) is 3.03. The van der Waals surface area contributed by atoms with Crippen molar-refractivity contribution in [1.82, 2.24) is 4.98 Å². The van der Waals surface area contributed by atoms with Crippen molar-refractivity contribution in [2.45, 2.75) is 0 Å². The van der Waals surface area contributed by atoms with E-state index in [1.54, 1.807) is 4.90 Å². The van der Waals surface area contributed by atoms with Crippen LogP contribution in [-0.2, 0) is 0 Å². The second kappa shape index (κ2) is 5.71. The molecule has 0 bridgehead atoms. The average molecular weight is 282 g/mol. The van der Waals surface area contributed by atoms with Gasteiger partial charge in [-0.3, -0.25) is 0 Å². The number of halogens is 2. The molecular weight excluding hydrogens is 270 g/mol. The van der Waals surface area contributed by atoms with Crippen molar-refractivity contribution in [2.75, 3.05) is 4.90 Å². The molecule has 104 valence electrons. The van der Waals surface area contributed by atoms with Crippen molar-refractivity contribution in [3.05, 3.63) is 84.7 Å². The summed E-state index contributed by atoms with van der Waals surface area (Å²) < 4.78 is 26.9. The number of pyridine rings is 1. The summed E-state index contributed by atoms with van der Waals surface area (Å²) in [5.74, 6) is -1.69. The molecule has 21 heavy (non-hydrogen) atoms. The second-order valence-corrected chi connectivity index (χ2v) is 4.48. The number of para-hydroxylation sites is 2. The van der Waals surface area contributed by atoms with E-state index in [4.69, 9.17) is 0 Å². The van der Waals surface area contributed by atoms with Crippen molar-refractivity contribution < 1.29 is 8.78 Å². The Labute approximate surface area is 121 Å². The fourth-order valence-electron chi connectivity index (χ4n) is 2.18. The Balaban J connectivity index is 2.17. The SMILES string of the molecule is Fc1cc(N(c2ccccc2)c2ccccc2)cc(F)n1. The van der Waals surface area contributed by atoms with E-state index in [0.717, 1.165) is 11.4 Å². The highest BCUT2D eigenvalue weighted by Crippen LogP contribution is 2.34. The second-order valence-electron chi connectivity index (χ2n) is 4.48. The zero-order chi connectivity index (χ0) is 14.7. The van der Waals surface area contributed by atoms with Crippen LogP contribution in [-0.4, -0.2) is 4.98 Å². The smallest absolute Gasteiger partial charge is 0.217 e. The third-order valence-corrected chi connectivity index (χ3v) is 3.03. The first-order valence-corrected chi connectivity index (χ1v) is 6.47. The zero-order valence-electron chi connectivity index (χ0n) is 11.1. The Morgan fingerprint density at radius 1 is 0.619 bits per heavy atom. The highest BCUT2D eigenvalue weighted by Gasteiger charge is 2.14. The van der Waals surface area contributed by atoms with Crippen LogP contribution < -0.4 is 4.90 Å². The van der Waals surface area contributed by atoms with Crippen molar-refractivity contribution in [2.24, 2.45) is 0 Å². The van der Waals surface area contributed by atoms with Gasteiger partial charge in [0.25, 0.3) is 0 Å². The Kier molecular flexibility index (Phi) is 3.60. The topological polar surface area (TPSA) is 16.1 Å². The van der Waals surface area contributed by atoms with Crippen LogP contribution in [0.25, 0.3) is 0 Å². The van der Waals surface area contributed by atoms with Crippen LogP contribution in [0.5, 0.6) is 0 Å². The van der Waals surface area contributed by atoms with Gasteiger partial charge in [0, 0.05) is 23.5 Å². The predicted molar refractivity (Wildman–Crippen MR) is 78.8 cm³/mol. The highest BCUT2D eigenvalue weighted by molar-refractivity contribution is 5.75. The summed E-state index contributed by atoms with van der Waals surface area (Å²) in [5.41, 5.74) is 2.01. The Hall–Kier alpha value is -2.75. The van der Waals surface area contributed by atoms with E-state index in [9.17, 15) is 8.78 Å².